The number of nitrogens with zero attached hydrogens (tertiary/aromatic N) is 1. The quantitative estimate of drug-likeness (QED) is 0.675. The molecule has 1 fully saturated rings. The fourth-order valence-corrected chi connectivity index (χ4v) is 3.82. The molecule has 25 heavy (non-hydrogen) atoms. The first kappa shape index (κ1) is 17.5. The number of aryl methyl sites for hydroxylation is 1. The maximum absolute atomic E-state index is 12.9. The summed E-state index contributed by atoms with van der Waals surface area (Å²) in [5, 5.41) is 2.96. The van der Waals surface area contributed by atoms with E-state index in [-0.39, 0.29) is 17.7 Å². The Hall–Kier alpha value is -2.27. The van der Waals surface area contributed by atoms with Crippen LogP contribution in [0.15, 0.2) is 53.4 Å². The molecule has 0 aliphatic carbocycles. The van der Waals surface area contributed by atoms with Gasteiger partial charge in [-0.2, -0.15) is 0 Å². The molecule has 130 valence electrons. The molecule has 3 rings (SSSR count). The van der Waals surface area contributed by atoms with Crippen molar-refractivity contribution in [1.29, 1.82) is 0 Å². The highest BCUT2D eigenvalue weighted by Gasteiger charge is 2.44. The largest absolute Gasteiger partial charge is 0.344 e. The monoisotopic (exact) mass is 354 g/mol. The number of hydrogen-bond acceptors (Lipinski definition) is 3. The normalized spacial score (nSPS) is 20.0. The summed E-state index contributed by atoms with van der Waals surface area (Å²) < 4.78 is 0. The van der Waals surface area contributed by atoms with Crippen LogP contribution in [0, 0.1) is 12.8 Å². The van der Waals surface area contributed by atoms with Crippen molar-refractivity contribution in [2.75, 3.05) is 25.2 Å². The van der Waals surface area contributed by atoms with Gasteiger partial charge in [-0.05, 0) is 30.9 Å². The van der Waals surface area contributed by atoms with E-state index >= 15 is 0 Å². The molecular formula is C20H22N2O2S. The van der Waals surface area contributed by atoms with Crippen LogP contribution in [0.25, 0.3) is 0 Å². The molecule has 0 saturated carbocycles. The number of likely N-dealkylation sites (tertiary alicyclic amines) is 1. The second-order valence-electron chi connectivity index (χ2n) is 6.40. The summed E-state index contributed by atoms with van der Waals surface area (Å²) in [4.78, 5) is 28.2. The Morgan fingerprint density at radius 1 is 1.16 bits per heavy atom. The number of carbonyl (C=O) groups is 2. The minimum Gasteiger partial charge on any atom is -0.344 e. The molecule has 1 N–H and O–H groups in total. The Morgan fingerprint density at radius 3 is 2.52 bits per heavy atom. The molecule has 2 aromatic rings. The highest BCUT2D eigenvalue weighted by Crippen LogP contribution is 2.35. The number of benzene rings is 2. The van der Waals surface area contributed by atoms with Crippen molar-refractivity contribution >= 4 is 29.3 Å². The Morgan fingerprint density at radius 2 is 1.84 bits per heavy atom. The molecule has 1 aliphatic heterocycles. The number of rotatable bonds is 4. The maximum Gasteiger partial charge on any atom is 0.237 e. The predicted molar refractivity (Wildman–Crippen MR) is 102 cm³/mol. The SMILES string of the molecule is CSc1ccccc1NC(=O)[C@H]1C(=O)N(C)C[C@@H]1c1ccc(C)cc1. The van der Waals surface area contributed by atoms with Crippen LogP contribution >= 0.6 is 11.8 Å². The molecule has 2 atom stereocenters. The molecule has 0 aromatic heterocycles. The lowest BCUT2D eigenvalue weighted by Crippen LogP contribution is -2.32. The van der Waals surface area contributed by atoms with Crippen molar-refractivity contribution < 1.29 is 9.59 Å². The average molecular weight is 354 g/mol. The Kier molecular flexibility index (Phi) is 5.13. The van der Waals surface area contributed by atoms with E-state index in [4.69, 9.17) is 0 Å². The van der Waals surface area contributed by atoms with Crippen LogP contribution in [0.3, 0.4) is 0 Å². The first-order chi connectivity index (χ1) is 12.0. The molecule has 2 aromatic carbocycles. The van der Waals surface area contributed by atoms with E-state index in [0.29, 0.717) is 6.54 Å². The van der Waals surface area contributed by atoms with Gasteiger partial charge in [-0.15, -0.1) is 11.8 Å². The third-order valence-corrected chi connectivity index (χ3v) is 5.46. The minimum atomic E-state index is -0.692. The Balaban J connectivity index is 1.87. The summed E-state index contributed by atoms with van der Waals surface area (Å²) in [5.74, 6) is -1.17. The summed E-state index contributed by atoms with van der Waals surface area (Å²) in [6.45, 7) is 2.59. The number of carbonyl (C=O) groups excluding carboxylic acids is 2. The van der Waals surface area contributed by atoms with Crippen LogP contribution in [0.5, 0.6) is 0 Å². The van der Waals surface area contributed by atoms with Gasteiger partial charge in [0.1, 0.15) is 5.92 Å². The second kappa shape index (κ2) is 7.31. The topological polar surface area (TPSA) is 49.4 Å². The van der Waals surface area contributed by atoms with E-state index in [2.05, 4.69) is 5.32 Å². The van der Waals surface area contributed by atoms with Gasteiger partial charge in [0, 0.05) is 24.4 Å². The molecule has 1 saturated heterocycles. The zero-order valence-electron chi connectivity index (χ0n) is 14.7. The summed E-state index contributed by atoms with van der Waals surface area (Å²) in [7, 11) is 1.76. The average Bonchev–Trinajstić information content (AvgIpc) is 2.91. The molecule has 1 aliphatic rings. The second-order valence-corrected chi connectivity index (χ2v) is 7.25. The smallest absolute Gasteiger partial charge is 0.237 e. The molecule has 5 heteroatoms. The third-order valence-electron chi connectivity index (χ3n) is 4.67. The highest BCUT2D eigenvalue weighted by atomic mass is 32.2. The molecule has 2 amide bonds. The van der Waals surface area contributed by atoms with Crippen LogP contribution in [0.2, 0.25) is 0 Å². The molecule has 4 nitrogen and oxygen atoms in total. The van der Waals surface area contributed by atoms with E-state index in [1.54, 1.807) is 23.7 Å². The van der Waals surface area contributed by atoms with Gasteiger partial charge in [0.15, 0.2) is 0 Å². The molecular weight excluding hydrogens is 332 g/mol. The van der Waals surface area contributed by atoms with Crippen LogP contribution in [0.4, 0.5) is 5.69 Å². The van der Waals surface area contributed by atoms with Crippen molar-refractivity contribution in [3.8, 4) is 0 Å². The Labute approximate surface area is 152 Å². The van der Waals surface area contributed by atoms with E-state index in [1.165, 1.54) is 0 Å². The number of anilines is 1. The van der Waals surface area contributed by atoms with Crippen LogP contribution in [0.1, 0.15) is 17.0 Å². The first-order valence-corrected chi connectivity index (χ1v) is 9.49. The number of amides is 2. The zero-order chi connectivity index (χ0) is 18.0. The van der Waals surface area contributed by atoms with E-state index in [0.717, 1.165) is 21.7 Å². The standard InChI is InChI=1S/C20H22N2O2S/c1-13-8-10-14(11-9-13)15-12-22(2)20(24)18(15)19(23)21-16-6-4-5-7-17(16)25-3/h4-11,15,18H,12H2,1-3H3,(H,21,23)/t15-,18+/m1/s1. The van der Waals surface area contributed by atoms with Crippen LogP contribution in [-0.4, -0.2) is 36.6 Å². The predicted octanol–water partition coefficient (Wildman–Crippen LogP) is 3.53. The van der Waals surface area contributed by atoms with Crippen molar-refractivity contribution in [3.63, 3.8) is 0 Å². The van der Waals surface area contributed by atoms with Crippen molar-refractivity contribution in [3.05, 3.63) is 59.7 Å². The van der Waals surface area contributed by atoms with Crippen molar-refractivity contribution in [1.82, 2.24) is 4.90 Å². The van der Waals surface area contributed by atoms with Crippen molar-refractivity contribution in [2.45, 2.75) is 17.7 Å². The lowest BCUT2D eigenvalue weighted by atomic mass is 9.87. The van der Waals surface area contributed by atoms with E-state index in [1.807, 2.05) is 61.7 Å². The van der Waals surface area contributed by atoms with Gasteiger partial charge < -0.3 is 10.2 Å². The maximum atomic E-state index is 12.9. The van der Waals surface area contributed by atoms with Crippen LogP contribution in [-0.2, 0) is 9.59 Å². The molecule has 0 bridgehead atoms. The first-order valence-electron chi connectivity index (χ1n) is 8.26. The number of thioether (sulfide) groups is 1. The highest BCUT2D eigenvalue weighted by molar-refractivity contribution is 7.98. The molecule has 0 spiro atoms. The third kappa shape index (κ3) is 3.56. The fourth-order valence-electron chi connectivity index (χ4n) is 3.26. The van der Waals surface area contributed by atoms with Crippen LogP contribution < -0.4 is 5.32 Å². The van der Waals surface area contributed by atoms with E-state index < -0.39 is 5.92 Å². The van der Waals surface area contributed by atoms with E-state index in [9.17, 15) is 9.59 Å². The summed E-state index contributed by atoms with van der Waals surface area (Å²) in [6.07, 6.45) is 1.97. The molecule has 1 heterocycles. The summed E-state index contributed by atoms with van der Waals surface area (Å²) in [5.41, 5.74) is 2.95. The van der Waals surface area contributed by atoms with Gasteiger partial charge in [-0.3, -0.25) is 9.59 Å². The Bertz CT molecular complexity index is 789. The number of para-hydroxylation sites is 1. The molecule has 0 unspecified atom stereocenters. The number of nitrogens with one attached hydrogen (secondary N) is 1. The summed E-state index contributed by atoms with van der Waals surface area (Å²) >= 11 is 1.57. The van der Waals surface area contributed by atoms with Gasteiger partial charge in [-0.1, -0.05) is 42.0 Å². The number of hydrogen-bond donors (Lipinski definition) is 1. The lowest BCUT2D eigenvalue weighted by molar-refractivity contribution is -0.135. The van der Waals surface area contributed by atoms with Gasteiger partial charge in [-0.25, -0.2) is 0 Å². The zero-order valence-corrected chi connectivity index (χ0v) is 15.5. The molecule has 0 radical (unpaired) electrons. The van der Waals surface area contributed by atoms with Gasteiger partial charge >= 0.3 is 0 Å². The minimum absolute atomic E-state index is 0.121. The number of likely N-dealkylation sites (N-methyl/N-ethyl adjacent to an activating group) is 1. The van der Waals surface area contributed by atoms with Gasteiger partial charge in [0.05, 0.1) is 5.69 Å². The van der Waals surface area contributed by atoms with Gasteiger partial charge in [0.2, 0.25) is 11.8 Å². The van der Waals surface area contributed by atoms with Gasteiger partial charge in [0.25, 0.3) is 0 Å². The lowest BCUT2D eigenvalue weighted by Gasteiger charge is -2.18. The van der Waals surface area contributed by atoms with Crippen molar-refractivity contribution in [2.24, 2.45) is 5.92 Å². The fraction of sp³-hybridized carbons (Fsp3) is 0.300. The summed E-state index contributed by atoms with van der Waals surface area (Å²) in [6, 6.07) is 15.7.